The van der Waals surface area contributed by atoms with E-state index in [-0.39, 0.29) is 6.04 Å². The quantitative estimate of drug-likeness (QED) is 0.667. The first-order valence-corrected chi connectivity index (χ1v) is 12.9. The number of amides is 1. The van der Waals surface area contributed by atoms with E-state index in [1.54, 1.807) is 0 Å². The minimum atomic E-state index is 0.205. The number of rotatable bonds is 4. The average molecular weight is 462 g/mol. The molecule has 174 valence electrons. The van der Waals surface area contributed by atoms with E-state index in [1.165, 1.54) is 23.1 Å². The highest BCUT2D eigenvalue weighted by Crippen LogP contribution is 2.41. The number of likely N-dealkylation sites (tertiary alicyclic amines) is 2. The zero-order valence-electron chi connectivity index (χ0n) is 19.6. The van der Waals surface area contributed by atoms with E-state index in [1.807, 2.05) is 6.07 Å². The Morgan fingerprint density at radius 1 is 0.970 bits per heavy atom. The van der Waals surface area contributed by atoms with Gasteiger partial charge in [0.1, 0.15) is 0 Å². The second-order valence-electron chi connectivity index (χ2n) is 10.4. The number of carbonyl (C=O) groups excluding carboxylic acids is 1. The molecule has 0 bridgehead atoms. The third-order valence-electron chi connectivity index (χ3n) is 8.14. The van der Waals surface area contributed by atoms with E-state index in [0.717, 1.165) is 57.0 Å². The van der Waals surface area contributed by atoms with Crippen molar-refractivity contribution < 1.29 is 4.79 Å². The van der Waals surface area contributed by atoms with Crippen LogP contribution in [0.4, 0.5) is 0 Å². The van der Waals surface area contributed by atoms with E-state index >= 15 is 0 Å². The number of piperidine rings is 1. The summed E-state index contributed by atoms with van der Waals surface area (Å²) < 4.78 is 0. The number of nitrogens with zero attached hydrogens (tertiary/aromatic N) is 2. The van der Waals surface area contributed by atoms with Crippen molar-refractivity contribution in [3.8, 4) is 0 Å². The number of nitrogens with one attached hydrogen (secondary N) is 1. The Labute approximate surface area is 203 Å². The number of benzene rings is 2. The van der Waals surface area contributed by atoms with E-state index in [2.05, 4.69) is 70.6 Å². The van der Waals surface area contributed by atoms with Crippen molar-refractivity contribution in [1.29, 1.82) is 0 Å². The van der Waals surface area contributed by atoms with Crippen LogP contribution in [0.1, 0.15) is 55.3 Å². The van der Waals surface area contributed by atoms with Crippen molar-refractivity contribution >= 4 is 23.2 Å². The smallest absolute Gasteiger partial charge is 0.222 e. The lowest BCUT2D eigenvalue weighted by atomic mass is 9.77. The van der Waals surface area contributed by atoms with Gasteiger partial charge in [0.15, 0.2) is 5.11 Å². The lowest BCUT2D eigenvalue weighted by Crippen LogP contribution is -2.46. The molecule has 2 fully saturated rings. The summed E-state index contributed by atoms with van der Waals surface area (Å²) in [4.78, 5) is 17.5. The minimum Gasteiger partial charge on any atom is -0.356 e. The normalized spacial score (nSPS) is 20.6. The molecule has 2 aromatic rings. The van der Waals surface area contributed by atoms with Crippen molar-refractivity contribution in [2.75, 3.05) is 26.2 Å². The Kier molecular flexibility index (Phi) is 6.42. The predicted molar refractivity (Wildman–Crippen MR) is 137 cm³/mol. The van der Waals surface area contributed by atoms with Gasteiger partial charge < -0.3 is 15.1 Å². The largest absolute Gasteiger partial charge is 0.356 e. The van der Waals surface area contributed by atoms with Crippen molar-refractivity contribution in [2.45, 2.75) is 51.5 Å². The van der Waals surface area contributed by atoms with E-state index in [9.17, 15) is 4.79 Å². The summed E-state index contributed by atoms with van der Waals surface area (Å²) in [5.74, 6) is 0.828. The van der Waals surface area contributed by atoms with Gasteiger partial charge in [0.25, 0.3) is 0 Å². The first-order valence-electron chi connectivity index (χ1n) is 12.5. The fourth-order valence-electron chi connectivity index (χ4n) is 6.02. The van der Waals surface area contributed by atoms with E-state index in [4.69, 9.17) is 12.2 Å². The molecule has 0 saturated carbocycles. The van der Waals surface area contributed by atoms with Crippen LogP contribution < -0.4 is 5.32 Å². The third-order valence-corrected chi connectivity index (χ3v) is 8.52. The molecule has 2 aromatic carbocycles. The standard InChI is InChI=1S/C28H35N3OS/c1-21(23-7-3-2-4-8-23)29-27(33)31-16-13-28(20-31)11-14-30(15-12-28)26(32)19-22-17-24-9-5-6-10-25(24)18-22/h2-10,21-22H,11-20H2,1H3,(H,29,33). The minimum absolute atomic E-state index is 0.205. The maximum atomic E-state index is 13.0. The molecular weight excluding hydrogens is 426 g/mol. The summed E-state index contributed by atoms with van der Waals surface area (Å²) in [5, 5.41) is 4.39. The van der Waals surface area contributed by atoms with Gasteiger partial charge in [-0.25, -0.2) is 0 Å². The lowest BCUT2D eigenvalue weighted by molar-refractivity contribution is -0.134. The number of thiocarbonyl (C=S) groups is 1. The molecule has 5 rings (SSSR count). The van der Waals surface area contributed by atoms with Crippen molar-refractivity contribution in [2.24, 2.45) is 11.3 Å². The van der Waals surface area contributed by atoms with Crippen LogP contribution in [-0.2, 0) is 17.6 Å². The SMILES string of the molecule is CC(NC(=S)N1CCC2(CCN(C(=O)CC3Cc4ccccc4C3)CC2)C1)c1ccccc1. The molecule has 0 aromatic heterocycles. The number of carbonyl (C=O) groups is 1. The molecule has 1 N–H and O–H groups in total. The highest BCUT2D eigenvalue weighted by molar-refractivity contribution is 7.80. The van der Waals surface area contributed by atoms with Crippen LogP contribution in [0.25, 0.3) is 0 Å². The van der Waals surface area contributed by atoms with Gasteiger partial charge in [-0.2, -0.15) is 0 Å². The van der Waals surface area contributed by atoms with Gasteiger partial charge in [-0.3, -0.25) is 4.79 Å². The van der Waals surface area contributed by atoms with Crippen LogP contribution in [0, 0.1) is 11.3 Å². The summed E-state index contributed by atoms with van der Waals surface area (Å²) in [5.41, 5.74) is 4.43. The first-order chi connectivity index (χ1) is 16.0. The highest BCUT2D eigenvalue weighted by Gasteiger charge is 2.42. The first kappa shape index (κ1) is 22.4. The van der Waals surface area contributed by atoms with Crippen molar-refractivity contribution in [1.82, 2.24) is 15.1 Å². The fourth-order valence-corrected chi connectivity index (χ4v) is 6.35. The Morgan fingerprint density at radius 3 is 2.18 bits per heavy atom. The molecule has 0 radical (unpaired) electrons. The molecule has 33 heavy (non-hydrogen) atoms. The summed E-state index contributed by atoms with van der Waals surface area (Å²) in [7, 11) is 0. The third kappa shape index (κ3) is 4.93. The fraction of sp³-hybridized carbons (Fsp3) is 0.500. The van der Waals surface area contributed by atoms with Gasteiger partial charge >= 0.3 is 0 Å². The van der Waals surface area contributed by atoms with Gasteiger partial charge in [-0.05, 0) is 79.3 Å². The molecule has 1 aliphatic carbocycles. The van der Waals surface area contributed by atoms with Crippen LogP contribution >= 0.6 is 12.2 Å². The van der Waals surface area contributed by atoms with Gasteiger partial charge in [0.05, 0.1) is 6.04 Å². The predicted octanol–water partition coefficient (Wildman–Crippen LogP) is 4.74. The maximum Gasteiger partial charge on any atom is 0.222 e. The monoisotopic (exact) mass is 461 g/mol. The summed E-state index contributed by atoms with van der Waals surface area (Å²) in [6.07, 6.45) is 6.17. The zero-order valence-corrected chi connectivity index (χ0v) is 20.4. The molecule has 5 heteroatoms. The lowest BCUT2D eigenvalue weighted by Gasteiger charge is -2.39. The van der Waals surface area contributed by atoms with Crippen LogP contribution in [0.5, 0.6) is 0 Å². The molecule has 4 nitrogen and oxygen atoms in total. The molecule has 1 unspecified atom stereocenters. The number of hydrogen-bond acceptors (Lipinski definition) is 2. The van der Waals surface area contributed by atoms with Crippen LogP contribution in [0.15, 0.2) is 54.6 Å². The summed E-state index contributed by atoms with van der Waals surface area (Å²) >= 11 is 5.77. The Morgan fingerprint density at radius 2 is 1.55 bits per heavy atom. The molecule has 2 aliphatic heterocycles. The van der Waals surface area contributed by atoms with E-state index in [0.29, 0.717) is 23.7 Å². The van der Waals surface area contributed by atoms with Crippen molar-refractivity contribution in [3.05, 3.63) is 71.3 Å². The molecule has 3 aliphatic rings. The maximum absolute atomic E-state index is 13.0. The zero-order chi connectivity index (χ0) is 22.8. The summed E-state index contributed by atoms with van der Waals surface area (Å²) in [6.45, 7) is 5.99. The number of hydrogen-bond donors (Lipinski definition) is 1. The van der Waals surface area contributed by atoms with Crippen LogP contribution in [0.2, 0.25) is 0 Å². The second kappa shape index (κ2) is 9.46. The molecule has 1 amide bonds. The molecular formula is C28H35N3OS. The van der Waals surface area contributed by atoms with Gasteiger partial charge in [0, 0.05) is 32.6 Å². The molecule has 2 saturated heterocycles. The Balaban J connectivity index is 1.09. The highest BCUT2D eigenvalue weighted by atomic mass is 32.1. The van der Waals surface area contributed by atoms with Gasteiger partial charge in [-0.1, -0.05) is 54.6 Å². The topological polar surface area (TPSA) is 35.6 Å². The van der Waals surface area contributed by atoms with Crippen LogP contribution in [-0.4, -0.2) is 47.0 Å². The average Bonchev–Trinajstić information content (AvgIpc) is 3.44. The Hall–Kier alpha value is -2.40. The van der Waals surface area contributed by atoms with E-state index < -0.39 is 0 Å². The molecule has 1 spiro atoms. The number of fused-ring (bicyclic) bond motifs is 1. The van der Waals surface area contributed by atoms with Crippen molar-refractivity contribution in [3.63, 3.8) is 0 Å². The molecule has 2 heterocycles. The molecule has 1 atom stereocenters. The Bertz CT molecular complexity index is 974. The van der Waals surface area contributed by atoms with Gasteiger partial charge in [-0.15, -0.1) is 0 Å². The summed E-state index contributed by atoms with van der Waals surface area (Å²) in [6, 6.07) is 19.3. The second-order valence-corrected chi connectivity index (χ2v) is 10.8. The van der Waals surface area contributed by atoms with Gasteiger partial charge in [0.2, 0.25) is 5.91 Å². The van der Waals surface area contributed by atoms with Crippen LogP contribution in [0.3, 0.4) is 0 Å².